The van der Waals surface area contributed by atoms with Crippen molar-refractivity contribution in [2.24, 2.45) is 0 Å². The lowest BCUT2D eigenvalue weighted by molar-refractivity contribution is -0.118. The molecule has 0 aliphatic carbocycles. The number of anilines is 1. The van der Waals surface area contributed by atoms with Crippen molar-refractivity contribution in [2.45, 2.75) is 47.6 Å². The van der Waals surface area contributed by atoms with E-state index in [0.29, 0.717) is 5.69 Å². The Morgan fingerprint density at radius 2 is 1.83 bits per heavy atom. The number of aromatic nitrogens is 3. The SMILES string of the molecule is CCOC(=O)c1noc2nc(C)n(C(C)C(=O)Nc3c(C)cc(C)cc3C)c(=O)c12. The number of aryl methyl sites for hydroxylation is 4. The second-order valence-electron chi connectivity index (χ2n) is 7.20. The Morgan fingerprint density at radius 1 is 1.20 bits per heavy atom. The lowest BCUT2D eigenvalue weighted by Crippen LogP contribution is -2.34. The molecule has 0 saturated heterocycles. The van der Waals surface area contributed by atoms with E-state index in [1.807, 2.05) is 32.9 Å². The van der Waals surface area contributed by atoms with Crippen molar-refractivity contribution in [1.82, 2.24) is 14.7 Å². The zero-order valence-electron chi connectivity index (χ0n) is 17.8. The van der Waals surface area contributed by atoms with Crippen LogP contribution in [0.2, 0.25) is 0 Å². The van der Waals surface area contributed by atoms with Crippen LogP contribution in [0.5, 0.6) is 0 Å². The summed E-state index contributed by atoms with van der Waals surface area (Å²) in [5.74, 6) is -0.904. The van der Waals surface area contributed by atoms with Crippen molar-refractivity contribution < 1.29 is 18.8 Å². The summed E-state index contributed by atoms with van der Waals surface area (Å²) < 4.78 is 11.2. The van der Waals surface area contributed by atoms with E-state index < -0.39 is 17.6 Å². The van der Waals surface area contributed by atoms with Crippen molar-refractivity contribution in [3.05, 3.63) is 50.7 Å². The zero-order chi connectivity index (χ0) is 22.2. The molecule has 3 rings (SSSR count). The fourth-order valence-corrected chi connectivity index (χ4v) is 3.54. The van der Waals surface area contributed by atoms with Crippen LogP contribution in [0.15, 0.2) is 21.5 Å². The van der Waals surface area contributed by atoms with Crippen LogP contribution in [-0.4, -0.2) is 33.2 Å². The van der Waals surface area contributed by atoms with Crippen molar-refractivity contribution in [3.63, 3.8) is 0 Å². The van der Waals surface area contributed by atoms with Gasteiger partial charge in [-0.05, 0) is 52.7 Å². The molecule has 1 unspecified atom stereocenters. The maximum absolute atomic E-state index is 13.2. The maximum atomic E-state index is 13.2. The number of hydrogen-bond acceptors (Lipinski definition) is 7. The third kappa shape index (κ3) is 3.70. The highest BCUT2D eigenvalue weighted by Crippen LogP contribution is 2.23. The quantitative estimate of drug-likeness (QED) is 0.640. The molecule has 0 aliphatic heterocycles. The molecule has 0 bridgehead atoms. The third-order valence-electron chi connectivity index (χ3n) is 4.88. The number of carbonyl (C=O) groups excluding carboxylic acids is 2. The lowest BCUT2D eigenvalue weighted by Gasteiger charge is -2.19. The topological polar surface area (TPSA) is 116 Å². The fraction of sp³-hybridized carbons (Fsp3) is 0.381. The van der Waals surface area contributed by atoms with Gasteiger partial charge in [0.1, 0.15) is 17.3 Å². The van der Waals surface area contributed by atoms with Gasteiger partial charge < -0.3 is 14.6 Å². The predicted molar refractivity (Wildman–Crippen MR) is 111 cm³/mol. The molecule has 0 spiro atoms. The van der Waals surface area contributed by atoms with Gasteiger partial charge in [0.2, 0.25) is 11.6 Å². The summed E-state index contributed by atoms with van der Waals surface area (Å²) in [6, 6.07) is 3.06. The summed E-state index contributed by atoms with van der Waals surface area (Å²) in [5, 5.41) is 6.43. The van der Waals surface area contributed by atoms with Gasteiger partial charge in [0, 0.05) is 5.69 Å². The number of amides is 1. The van der Waals surface area contributed by atoms with Gasteiger partial charge in [0.05, 0.1) is 6.61 Å². The molecule has 1 N–H and O–H groups in total. The molecule has 2 aromatic heterocycles. The number of nitrogens with one attached hydrogen (secondary N) is 1. The first-order chi connectivity index (χ1) is 14.1. The molecule has 30 heavy (non-hydrogen) atoms. The van der Waals surface area contributed by atoms with Gasteiger partial charge in [0.15, 0.2) is 0 Å². The van der Waals surface area contributed by atoms with E-state index in [9.17, 15) is 14.4 Å². The van der Waals surface area contributed by atoms with Crippen LogP contribution in [0.25, 0.3) is 11.1 Å². The second kappa shape index (κ2) is 8.10. The summed E-state index contributed by atoms with van der Waals surface area (Å²) in [4.78, 5) is 42.4. The number of rotatable bonds is 5. The first-order valence-electron chi connectivity index (χ1n) is 9.60. The highest BCUT2D eigenvalue weighted by atomic mass is 16.5. The first-order valence-corrected chi connectivity index (χ1v) is 9.60. The molecular formula is C21H24N4O5. The van der Waals surface area contributed by atoms with Gasteiger partial charge >= 0.3 is 5.97 Å². The maximum Gasteiger partial charge on any atom is 0.361 e. The number of ether oxygens (including phenoxy) is 1. The highest BCUT2D eigenvalue weighted by molar-refractivity contribution is 6.00. The number of carbonyl (C=O) groups is 2. The van der Waals surface area contributed by atoms with Crippen LogP contribution in [0.1, 0.15) is 52.9 Å². The fourth-order valence-electron chi connectivity index (χ4n) is 3.54. The second-order valence-corrected chi connectivity index (χ2v) is 7.20. The molecule has 0 radical (unpaired) electrons. The van der Waals surface area contributed by atoms with E-state index in [0.717, 1.165) is 16.7 Å². The summed E-state index contributed by atoms with van der Waals surface area (Å²) in [7, 11) is 0. The van der Waals surface area contributed by atoms with Gasteiger partial charge in [-0.2, -0.15) is 4.98 Å². The molecule has 0 fully saturated rings. The van der Waals surface area contributed by atoms with Crippen LogP contribution in [0, 0.1) is 27.7 Å². The number of fused-ring (bicyclic) bond motifs is 1. The third-order valence-corrected chi connectivity index (χ3v) is 4.88. The van der Waals surface area contributed by atoms with Gasteiger partial charge in [-0.3, -0.25) is 14.2 Å². The van der Waals surface area contributed by atoms with Crippen LogP contribution < -0.4 is 10.9 Å². The Labute approximate surface area is 173 Å². The van der Waals surface area contributed by atoms with Crippen LogP contribution >= 0.6 is 0 Å². The minimum atomic E-state index is -0.889. The molecule has 9 heteroatoms. The molecule has 1 atom stereocenters. The van der Waals surface area contributed by atoms with E-state index in [1.165, 1.54) is 4.57 Å². The first kappa shape index (κ1) is 21.2. The molecule has 0 saturated carbocycles. The van der Waals surface area contributed by atoms with Crippen molar-refractivity contribution in [3.8, 4) is 0 Å². The molecule has 2 heterocycles. The summed E-state index contributed by atoms with van der Waals surface area (Å²) in [5.41, 5.74) is 2.72. The number of nitrogens with zero attached hydrogens (tertiary/aromatic N) is 3. The molecular weight excluding hydrogens is 388 g/mol. The Balaban J connectivity index is 2.03. The Kier molecular flexibility index (Phi) is 5.73. The molecule has 9 nitrogen and oxygen atoms in total. The van der Waals surface area contributed by atoms with Gasteiger partial charge in [0.25, 0.3) is 11.3 Å². The van der Waals surface area contributed by atoms with Crippen LogP contribution in [0.4, 0.5) is 5.69 Å². The number of hydrogen-bond donors (Lipinski definition) is 1. The Morgan fingerprint density at radius 3 is 2.43 bits per heavy atom. The van der Waals surface area contributed by atoms with E-state index in [2.05, 4.69) is 15.5 Å². The van der Waals surface area contributed by atoms with Gasteiger partial charge in [-0.1, -0.05) is 22.9 Å². The highest BCUT2D eigenvalue weighted by Gasteiger charge is 2.27. The van der Waals surface area contributed by atoms with Crippen molar-refractivity contribution >= 4 is 28.7 Å². The summed E-state index contributed by atoms with van der Waals surface area (Å²) >= 11 is 0. The number of esters is 1. The van der Waals surface area contributed by atoms with E-state index in [4.69, 9.17) is 9.26 Å². The molecule has 0 aliphatic rings. The van der Waals surface area contributed by atoms with Gasteiger partial charge in [-0.25, -0.2) is 4.79 Å². The van der Waals surface area contributed by atoms with E-state index in [-0.39, 0.29) is 35.1 Å². The van der Waals surface area contributed by atoms with E-state index in [1.54, 1.807) is 20.8 Å². The predicted octanol–water partition coefficient (Wildman–Crippen LogP) is 2.99. The zero-order valence-corrected chi connectivity index (χ0v) is 17.8. The molecule has 158 valence electrons. The summed E-state index contributed by atoms with van der Waals surface area (Å²) in [6.07, 6.45) is 0. The monoisotopic (exact) mass is 412 g/mol. The van der Waals surface area contributed by atoms with Crippen LogP contribution in [0.3, 0.4) is 0 Å². The molecule has 1 amide bonds. The lowest BCUT2D eigenvalue weighted by atomic mass is 10.0. The van der Waals surface area contributed by atoms with Crippen molar-refractivity contribution in [2.75, 3.05) is 11.9 Å². The average molecular weight is 412 g/mol. The minimum Gasteiger partial charge on any atom is -0.461 e. The van der Waals surface area contributed by atoms with Gasteiger partial charge in [-0.15, -0.1) is 0 Å². The summed E-state index contributed by atoms with van der Waals surface area (Å²) in [6.45, 7) is 10.7. The average Bonchev–Trinajstić information content (AvgIpc) is 3.08. The number of benzene rings is 1. The Hall–Kier alpha value is -3.49. The largest absolute Gasteiger partial charge is 0.461 e. The normalized spacial score (nSPS) is 12.1. The molecule has 1 aromatic carbocycles. The van der Waals surface area contributed by atoms with E-state index >= 15 is 0 Å². The van der Waals surface area contributed by atoms with Crippen molar-refractivity contribution in [1.29, 1.82) is 0 Å². The standard InChI is InChI=1S/C21H24N4O5/c1-7-29-21(28)17-15-19(30-24-17)22-14(6)25(20(15)27)13(5)18(26)23-16-11(3)8-10(2)9-12(16)4/h8-9,13H,7H2,1-6H3,(H,23,26). The Bertz CT molecular complexity index is 1190. The minimum absolute atomic E-state index is 0.0744. The smallest absolute Gasteiger partial charge is 0.361 e. The van der Waals surface area contributed by atoms with Crippen LogP contribution in [-0.2, 0) is 9.53 Å². The molecule has 3 aromatic rings.